The maximum Gasteiger partial charge on any atom is 0.326 e. The average Bonchev–Trinajstić information content (AvgIpc) is 3.15. The number of imidazole rings is 1. The van der Waals surface area contributed by atoms with Crippen LogP contribution in [0.15, 0.2) is 17.5 Å². The Hall–Kier alpha value is -3.68. The number of aliphatic carboxylic acids is 2. The SMILES string of the molecule is NC(N)=NCCCC(NC(=O)C(N)CC(=O)O)C(=O)NC(Cc1cnc[nH]1)C(=O)O. The smallest absolute Gasteiger partial charge is 0.326 e. The highest BCUT2D eigenvalue weighted by atomic mass is 16.4. The van der Waals surface area contributed by atoms with Crippen molar-refractivity contribution >= 4 is 29.7 Å². The number of guanidine groups is 1. The fourth-order valence-corrected chi connectivity index (χ4v) is 2.42. The average molecular weight is 426 g/mol. The Balaban J connectivity index is 2.84. The second-order valence-electron chi connectivity index (χ2n) is 6.39. The van der Waals surface area contributed by atoms with Crippen LogP contribution in [0.3, 0.4) is 0 Å². The quantitative estimate of drug-likeness (QED) is 0.0893. The summed E-state index contributed by atoms with van der Waals surface area (Å²) in [6, 6.07) is -3.84. The number of nitrogens with two attached hydrogens (primary N) is 3. The molecule has 166 valence electrons. The van der Waals surface area contributed by atoms with Gasteiger partial charge in [-0.3, -0.25) is 19.4 Å². The van der Waals surface area contributed by atoms with Gasteiger partial charge in [-0.15, -0.1) is 0 Å². The lowest BCUT2D eigenvalue weighted by Crippen LogP contribution is -2.55. The first kappa shape index (κ1) is 24.4. The van der Waals surface area contributed by atoms with Crippen molar-refractivity contribution in [3.63, 3.8) is 0 Å². The predicted octanol–water partition coefficient (Wildman–Crippen LogP) is -3.14. The van der Waals surface area contributed by atoms with Crippen molar-refractivity contribution in [3.8, 4) is 0 Å². The molecule has 30 heavy (non-hydrogen) atoms. The fourth-order valence-electron chi connectivity index (χ4n) is 2.42. The molecule has 0 aromatic carbocycles. The van der Waals surface area contributed by atoms with E-state index in [0.717, 1.165) is 0 Å². The highest BCUT2D eigenvalue weighted by Crippen LogP contribution is 2.04. The van der Waals surface area contributed by atoms with Gasteiger partial charge in [0.05, 0.1) is 18.8 Å². The summed E-state index contributed by atoms with van der Waals surface area (Å²) in [5.41, 5.74) is 16.5. The van der Waals surface area contributed by atoms with E-state index in [2.05, 4.69) is 25.6 Å². The van der Waals surface area contributed by atoms with Crippen molar-refractivity contribution < 1.29 is 29.4 Å². The summed E-state index contributed by atoms with van der Waals surface area (Å²) in [5.74, 6) is -4.35. The summed E-state index contributed by atoms with van der Waals surface area (Å²) in [6.45, 7) is 0.166. The van der Waals surface area contributed by atoms with Crippen LogP contribution in [0.4, 0.5) is 0 Å². The topological polar surface area (TPSA) is 252 Å². The number of H-pyrrole nitrogens is 1. The lowest BCUT2D eigenvalue weighted by atomic mass is 10.1. The van der Waals surface area contributed by atoms with Crippen LogP contribution in [-0.2, 0) is 25.6 Å². The zero-order valence-electron chi connectivity index (χ0n) is 16.1. The third-order valence-corrected chi connectivity index (χ3v) is 3.90. The van der Waals surface area contributed by atoms with Crippen LogP contribution in [0, 0.1) is 0 Å². The first-order valence-electron chi connectivity index (χ1n) is 8.93. The van der Waals surface area contributed by atoms with Gasteiger partial charge in [0.2, 0.25) is 11.8 Å². The molecule has 3 unspecified atom stereocenters. The molecule has 1 aromatic heterocycles. The summed E-state index contributed by atoms with van der Waals surface area (Å²) in [7, 11) is 0. The van der Waals surface area contributed by atoms with Crippen LogP contribution >= 0.6 is 0 Å². The van der Waals surface area contributed by atoms with E-state index in [1.165, 1.54) is 12.5 Å². The number of hydrogen-bond acceptors (Lipinski definition) is 7. The first-order valence-corrected chi connectivity index (χ1v) is 8.93. The van der Waals surface area contributed by atoms with E-state index in [4.69, 9.17) is 22.3 Å². The van der Waals surface area contributed by atoms with Crippen molar-refractivity contribution in [1.29, 1.82) is 0 Å². The number of aromatic amines is 1. The van der Waals surface area contributed by atoms with Gasteiger partial charge in [-0.05, 0) is 12.8 Å². The second-order valence-corrected chi connectivity index (χ2v) is 6.39. The standard InChI is InChI=1S/C16H26N8O6/c17-9(5-12(25)26)13(27)23-10(2-1-3-21-16(18)19)14(28)24-11(15(29)30)4-8-6-20-7-22-8/h6-7,9-11H,1-5,17H2,(H,20,22)(H,23,27)(H,24,28)(H,25,26)(H,29,30)(H4,18,19,21). The predicted molar refractivity (Wildman–Crippen MR) is 104 cm³/mol. The van der Waals surface area contributed by atoms with Crippen LogP contribution in [0.2, 0.25) is 0 Å². The minimum Gasteiger partial charge on any atom is -0.481 e. The maximum absolute atomic E-state index is 12.6. The van der Waals surface area contributed by atoms with E-state index < -0.39 is 48.3 Å². The van der Waals surface area contributed by atoms with E-state index >= 15 is 0 Å². The van der Waals surface area contributed by atoms with Crippen molar-refractivity contribution in [2.24, 2.45) is 22.2 Å². The summed E-state index contributed by atoms with van der Waals surface area (Å²) in [6.07, 6.45) is 2.43. The third kappa shape index (κ3) is 9.01. The van der Waals surface area contributed by atoms with Gasteiger partial charge < -0.3 is 43.0 Å². The summed E-state index contributed by atoms with van der Waals surface area (Å²) >= 11 is 0. The number of nitrogens with zero attached hydrogens (tertiary/aromatic N) is 2. The molecule has 3 atom stereocenters. The molecule has 14 nitrogen and oxygen atoms in total. The number of carbonyl (C=O) groups is 4. The fraction of sp³-hybridized carbons (Fsp3) is 0.500. The number of aliphatic imine (C=N–C) groups is 1. The number of carboxylic acid groups (broad SMARTS) is 2. The molecule has 14 heteroatoms. The minimum absolute atomic E-state index is 0.0601. The van der Waals surface area contributed by atoms with Crippen LogP contribution in [0.25, 0.3) is 0 Å². The Kier molecular flexibility index (Phi) is 9.75. The van der Waals surface area contributed by atoms with Crippen molar-refractivity contribution in [2.45, 2.75) is 43.8 Å². The molecular formula is C16H26N8O6. The maximum atomic E-state index is 12.6. The van der Waals surface area contributed by atoms with Crippen molar-refractivity contribution in [1.82, 2.24) is 20.6 Å². The monoisotopic (exact) mass is 426 g/mol. The van der Waals surface area contributed by atoms with Gasteiger partial charge in [0.25, 0.3) is 0 Å². The number of aromatic nitrogens is 2. The largest absolute Gasteiger partial charge is 0.481 e. The minimum atomic E-state index is -1.38. The zero-order valence-corrected chi connectivity index (χ0v) is 16.1. The Morgan fingerprint density at radius 3 is 2.33 bits per heavy atom. The summed E-state index contributed by atoms with van der Waals surface area (Å²) in [4.78, 5) is 57.3. The zero-order chi connectivity index (χ0) is 22.7. The van der Waals surface area contributed by atoms with E-state index in [0.29, 0.717) is 5.69 Å². The molecule has 0 radical (unpaired) electrons. The molecule has 0 aliphatic carbocycles. The molecule has 0 saturated carbocycles. The number of carboxylic acids is 2. The molecule has 0 spiro atoms. The lowest BCUT2D eigenvalue weighted by Gasteiger charge is -2.22. The Morgan fingerprint density at radius 1 is 1.13 bits per heavy atom. The van der Waals surface area contributed by atoms with Crippen LogP contribution in [-0.4, -0.2) is 74.6 Å². The number of carbonyl (C=O) groups excluding carboxylic acids is 2. The van der Waals surface area contributed by atoms with Gasteiger partial charge >= 0.3 is 11.9 Å². The molecule has 0 fully saturated rings. The molecule has 1 aromatic rings. The molecule has 1 heterocycles. The second kappa shape index (κ2) is 12.0. The first-order chi connectivity index (χ1) is 14.1. The van der Waals surface area contributed by atoms with Crippen molar-refractivity contribution in [2.75, 3.05) is 6.54 Å². The number of rotatable bonds is 13. The number of nitrogens with one attached hydrogen (secondary N) is 3. The van der Waals surface area contributed by atoms with E-state index in [9.17, 15) is 24.3 Å². The molecule has 11 N–H and O–H groups in total. The van der Waals surface area contributed by atoms with Gasteiger partial charge in [-0.2, -0.15) is 0 Å². The van der Waals surface area contributed by atoms with Gasteiger partial charge in [-0.1, -0.05) is 0 Å². The van der Waals surface area contributed by atoms with E-state index in [1.807, 2.05) is 0 Å². The van der Waals surface area contributed by atoms with Crippen LogP contribution < -0.4 is 27.8 Å². The Morgan fingerprint density at radius 2 is 1.80 bits per heavy atom. The van der Waals surface area contributed by atoms with Crippen molar-refractivity contribution in [3.05, 3.63) is 18.2 Å². The molecular weight excluding hydrogens is 400 g/mol. The Bertz CT molecular complexity index is 762. The van der Waals surface area contributed by atoms with Gasteiger partial charge in [0, 0.05) is 24.9 Å². The molecule has 1 rings (SSSR count). The number of amides is 2. The van der Waals surface area contributed by atoms with E-state index in [-0.39, 0.29) is 31.8 Å². The summed E-state index contributed by atoms with van der Waals surface area (Å²) in [5, 5.41) is 22.8. The van der Waals surface area contributed by atoms with Crippen LogP contribution in [0.5, 0.6) is 0 Å². The number of hydrogen-bond donors (Lipinski definition) is 8. The highest BCUT2D eigenvalue weighted by molar-refractivity contribution is 5.92. The van der Waals surface area contributed by atoms with Gasteiger partial charge in [-0.25, -0.2) is 9.78 Å². The molecule has 0 aliphatic heterocycles. The molecule has 2 amide bonds. The van der Waals surface area contributed by atoms with Gasteiger partial charge in [0.15, 0.2) is 5.96 Å². The third-order valence-electron chi connectivity index (χ3n) is 3.90. The molecule has 0 aliphatic rings. The molecule has 0 bridgehead atoms. The van der Waals surface area contributed by atoms with Crippen LogP contribution in [0.1, 0.15) is 25.0 Å². The highest BCUT2D eigenvalue weighted by Gasteiger charge is 2.28. The lowest BCUT2D eigenvalue weighted by molar-refractivity contribution is -0.142. The Labute approximate surface area is 171 Å². The summed E-state index contributed by atoms with van der Waals surface area (Å²) < 4.78 is 0. The normalized spacial score (nSPS) is 13.5. The van der Waals surface area contributed by atoms with E-state index in [1.54, 1.807) is 0 Å². The van der Waals surface area contributed by atoms with Gasteiger partial charge in [0.1, 0.15) is 12.1 Å². The molecule has 0 saturated heterocycles.